The smallest absolute Gasteiger partial charge is 0.143 e. The van der Waals surface area contributed by atoms with Gasteiger partial charge in [-0.05, 0) is 59.0 Å². The summed E-state index contributed by atoms with van der Waals surface area (Å²) in [4.78, 5) is 2.48. The van der Waals surface area contributed by atoms with Crippen LogP contribution in [0.2, 0.25) is 0 Å². The summed E-state index contributed by atoms with van der Waals surface area (Å²) in [7, 11) is 0. The molecule has 3 aromatic rings. The van der Waals surface area contributed by atoms with E-state index >= 15 is 0 Å². The highest BCUT2D eigenvalue weighted by molar-refractivity contribution is 5.54. The fraction of sp³-hybridized carbons (Fsp3) is 0.458. The Kier molecular flexibility index (Phi) is 6.82. The molecule has 164 valence electrons. The molecule has 0 bridgehead atoms. The van der Waals surface area contributed by atoms with E-state index in [9.17, 15) is 0 Å². The van der Waals surface area contributed by atoms with Crippen molar-refractivity contribution in [3.8, 4) is 11.4 Å². The zero-order valence-electron chi connectivity index (χ0n) is 18.6. The molecular formula is C24H31N5O2. The Labute approximate surface area is 184 Å². The van der Waals surface area contributed by atoms with Crippen LogP contribution in [0.3, 0.4) is 0 Å². The van der Waals surface area contributed by atoms with Gasteiger partial charge < -0.3 is 14.4 Å². The molecule has 2 aromatic carbocycles. The SMILES string of the molecule is Cc1cc(OCCc2ccccc2-n2cnnn2)cc(N2CCOCC2CC(C)C)c1. The van der Waals surface area contributed by atoms with Gasteiger partial charge in [-0.3, -0.25) is 0 Å². The molecule has 7 heteroatoms. The molecule has 7 nitrogen and oxygen atoms in total. The van der Waals surface area contributed by atoms with E-state index < -0.39 is 0 Å². The molecular weight excluding hydrogens is 390 g/mol. The van der Waals surface area contributed by atoms with Crippen LogP contribution in [0.1, 0.15) is 31.4 Å². The summed E-state index contributed by atoms with van der Waals surface area (Å²) >= 11 is 0. The number of benzene rings is 2. The second kappa shape index (κ2) is 9.92. The van der Waals surface area contributed by atoms with Crippen molar-refractivity contribution < 1.29 is 9.47 Å². The number of rotatable bonds is 8. The van der Waals surface area contributed by atoms with Crippen molar-refractivity contribution in [3.63, 3.8) is 0 Å². The summed E-state index contributed by atoms with van der Waals surface area (Å²) in [6, 6.07) is 15.1. The lowest BCUT2D eigenvalue weighted by molar-refractivity contribution is 0.0877. The third-order valence-electron chi connectivity index (χ3n) is 5.57. The minimum Gasteiger partial charge on any atom is -0.493 e. The van der Waals surface area contributed by atoms with Crippen LogP contribution in [0, 0.1) is 12.8 Å². The van der Waals surface area contributed by atoms with Crippen molar-refractivity contribution in [2.75, 3.05) is 31.3 Å². The van der Waals surface area contributed by atoms with Crippen molar-refractivity contribution in [1.29, 1.82) is 0 Å². The van der Waals surface area contributed by atoms with E-state index in [1.54, 1.807) is 11.0 Å². The largest absolute Gasteiger partial charge is 0.493 e. The molecule has 4 rings (SSSR count). The summed E-state index contributed by atoms with van der Waals surface area (Å²) in [5.41, 5.74) is 4.55. The summed E-state index contributed by atoms with van der Waals surface area (Å²) in [6.45, 7) is 9.72. The maximum absolute atomic E-state index is 6.19. The van der Waals surface area contributed by atoms with Gasteiger partial charge in [0.15, 0.2) is 0 Å². The van der Waals surface area contributed by atoms with Gasteiger partial charge in [-0.25, -0.2) is 4.68 Å². The van der Waals surface area contributed by atoms with E-state index in [2.05, 4.69) is 65.5 Å². The Morgan fingerprint density at radius 3 is 2.87 bits per heavy atom. The number of hydrogen-bond acceptors (Lipinski definition) is 6. The van der Waals surface area contributed by atoms with Gasteiger partial charge in [0.05, 0.1) is 31.5 Å². The first-order valence-electron chi connectivity index (χ1n) is 11.0. The van der Waals surface area contributed by atoms with E-state index in [1.165, 1.54) is 11.3 Å². The fourth-order valence-corrected chi connectivity index (χ4v) is 4.21. The second-order valence-corrected chi connectivity index (χ2v) is 8.54. The Balaban J connectivity index is 1.45. The first-order chi connectivity index (χ1) is 15.1. The highest BCUT2D eigenvalue weighted by atomic mass is 16.5. The molecule has 1 aliphatic heterocycles. The van der Waals surface area contributed by atoms with E-state index in [0.29, 0.717) is 18.6 Å². The van der Waals surface area contributed by atoms with E-state index in [0.717, 1.165) is 49.6 Å². The average molecular weight is 422 g/mol. The zero-order chi connectivity index (χ0) is 21.6. The van der Waals surface area contributed by atoms with Crippen LogP contribution in [0.15, 0.2) is 48.8 Å². The molecule has 0 saturated carbocycles. The van der Waals surface area contributed by atoms with Gasteiger partial charge in [0.25, 0.3) is 0 Å². The quantitative estimate of drug-likeness (QED) is 0.551. The topological polar surface area (TPSA) is 65.3 Å². The average Bonchev–Trinajstić information content (AvgIpc) is 3.28. The van der Waals surface area contributed by atoms with Gasteiger partial charge >= 0.3 is 0 Å². The van der Waals surface area contributed by atoms with Gasteiger partial charge in [0.1, 0.15) is 12.1 Å². The molecule has 0 radical (unpaired) electrons. The van der Waals surface area contributed by atoms with E-state index in [1.807, 2.05) is 18.2 Å². The van der Waals surface area contributed by atoms with Crippen LogP contribution < -0.4 is 9.64 Å². The Morgan fingerprint density at radius 2 is 2.06 bits per heavy atom. The molecule has 31 heavy (non-hydrogen) atoms. The molecule has 1 atom stereocenters. The first-order valence-corrected chi connectivity index (χ1v) is 11.0. The number of para-hydroxylation sites is 1. The standard InChI is InChI=1S/C24H31N5O2/c1-18(2)12-22-16-30-11-9-28(22)21-13-19(3)14-23(15-21)31-10-8-20-6-4-5-7-24(20)29-17-25-26-27-29/h4-7,13-15,17-18,22H,8-12,16H2,1-3H3. The van der Waals surface area contributed by atoms with E-state index in [4.69, 9.17) is 9.47 Å². The highest BCUT2D eigenvalue weighted by Crippen LogP contribution is 2.29. The number of tetrazole rings is 1. The van der Waals surface area contributed by atoms with Crippen molar-refractivity contribution >= 4 is 5.69 Å². The number of anilines is 1. The molecule has 1 saturated heterocycles. The van der Waals surface area contributed by atoms with Crippen LogP contribution >= 0.6 is 0 Å². The fourth-order valence-electron chi connectivity index (χ4n) is 4.21. The zero-order valence-corrected chi connectivity index (χ0v) is 18.6. The third-order valence-corrected chi connectivity index (χ3v) is 5.57. The Morgan fingerprint density at radius 1 is 1.19 bits per heavy atom. The number of nitrogens with zero attached hydrogens (tertiary/aromatic N) is 5. The summed E-state index contributed by atoms with van der Waals surface area (Å²) in [5, 5.41) is 11.5. The Bertz CT molecular complexity index is 974. The normalized spacial score (nSPS) is 16.6. The molecule has 0 amide bonds. The summed E-state index contributed by atoms with van der Waals surface area (Å²) in [5.74, 6) is 1.54. The number of hydrogen-bond donors (Lipinski definition) is 0. The maximum Gasteiger partial charge on any atom is 0.143 e. The number of aryl methyl sites for hydroxylation is 1. The minimum atomic E-state index is 0.409. The second-order valence-electron chi connectivity index (χ2n) is 8.54. The Hall–Kier alpha value is -2.93. The third kappa shape index (κ3) is 5.41. The molecule has 1 aromatic heterocycles. The number of aromatic nitrogens is 4. The molecule has 2 heterocycles. The molecule has 0 aliphatic carbocycles. The lowest BCUT2D eigenvalue weighted by Crippen LogP contribution is -2.46. The van der Waals surface area contributed by atoms with Gasteiger partial charge in [-0.1, -0.05) is 32.0 Å². The van der Waals surface area contributed by atoms with Crippen molar-refractivity contribution in [1.82, 2.24) is 20.2 Å². The molecule has 1 aliphatic rings. The van der Waals surface area contributed by atoms with Crippen LogP contribution in [-0.4, -0.2) is 52.6 Å². The number of morpholine rings is 1. The lowest BCUT2D eigenvalue weighted by atomic mass is 10.0. The van der Waals surface area contributed by atoms with Crippen molar-refractivity contribution in [2.24, 2.45) is 5.92 Å². The van der Waals surface area contributed by atoms with Crippen LogP contribution in [0.5, 0.6) is 5.75 Å². The maximum atomic E-state index is 6.19. The van der Waals surface area contributed by atoms with Crippen LogP contribution in [-0.2, 0) is 11.2 Å². The van der Waals surface area contributed by atoms with Crippen molar-refractivity contribution in [3.05, 3.63) is 59.9 Å². The van der Waals surface area contributed by atoms with Crippen LogP contribution in [0.25, 0.3) is 5.69 Å². The first kappa shape index (κ1) is 21.3. The molecule has 1 fully saturated rings. The minimum absolute atomic E-state index is 0.409. The monoisotopic (exact) mass is 421 g/mol. The highest BCUT2D eigenvalue weighted by Gasteiger charge is 2.24. The van der Waals surface area contributed by atoms with Crippen LogP contribution in [0.4, 0.5) is 5.69 Å². The summed E-state index contributed by atoms with van der Waals surface area (Å²) in [6.07, 6.45) is 3.51. The van der Waals surface area contributed by atoms with Gasteiger partial charge in [-0.15, -0.1) is 5.10 Å². The molecule has 0 spiro atoms. The molecule has 0 N–H and O–H groups in total. The van der Waals surface area contributed by atoms with Gasteiger partial charge in [0, 0.05) is 24.7 Å². The predicted octanol–water partition coefficient (Wildman–Crippen LogP) is 3.84. The predicted molar refractivity (Wildman–Crippen MR) is 121 cm³/mol. The van der Waals surface area contributed by atoms with Crippen molar-refractivity contribution in [2.45, 2.75) is 39.7 Å². The van der Waals surface area contributed by atoms with E-state index in [-0.39, 0.29) is 0 Å². The van der Waals surface area contributed by atoms with Gasteiger partial charge in [-0.2, -0.15) is 0 Å². The lowest BCUT2D eigenvalue weighted by Gasteiger charge is -2.38. The number of ether oxygens (including phenoxy) is 2. The van der Waals surface area contributed by atoms with Gasteiger partial charge in [0.2, 0.25) is 0 Å². The molecule has 1 unspecified atom stereocenters. The summed E-state index contributed by atoms with van der Waals surface area (Å²) < 4.78 is 13.6.